The van der Waals surface area contributed by atoms with Gasteiger partial charge in [0.25, 0.3) is 5.56 Å². The molecule has 1 aliphatic heterocycles. The zero-order valence-corrected chi connectivity index (χ0v) is 19.3. The predicted molar refractivity (Wildman–Crippen MR) is 131 cm³/mol. The lowest BCUT2D eigenvalue weighted by atomic mass is 9.96. The summed E-state index contributed by atoms with van der Waals surface area (Å²) in [6.07, 6.45) is 3.30. The van der Waals surface area contributed by atoms with Crippen LogP contribution in [0.2, 0.25) is 0 Å². The van der Waals surface area contributed by atoms with Crippen molar-refractivity contribution in [3.63, 3.8) is 0 Å². The van der Waals surface area contributed by atoms with E-state index in [4.69, 9.17) is 0 Å². The molecule has 0 aliphatic carbocycles. The first-order chi connectivity index (χ1) is 16.5. The number of rotatable bonds is 5. The van der Waals surface area contributed by atoms with Crippen LogP contribution in [-0.4, -0.2) is 30.6 Å². The molecule has 8 heteroatoms. The summed E-state index contributed by atoms with van der Waals surface area (Å²) in [7, 11) is 0. The number of nitrogens with zero attached hydrogens (tertiary/aromatic N) is 5. The molecule has 8 nitrogen and oxygen atoms in total. The highest BCUT2D eigenvalue weighted by Gasteiger charge is 2.29. The molecule has 0 unspecified atom stereocenters. The average molecular weight is 458 g/mol. The maximum absolute atomic E-state index is 13.6. The summed E-state index contributed by atoms with van der Waals surface area (Å²) >= 11 is 0. The second kappa shape index (κ2) is 8.78. The number of benzene rings is 2. The minimum absolute atomic E-state index is 0.0189. The minimum Gasteiger partial charge on any atom is -0.325 e. The number of carbonyl (C=O) groups is 1. The number of imidazole rings is 1. The third kappa shape index (κ3) is 3.65. The lowest BCUT2D eigenvalue weighted by Crippen LogP contribution is -2.48. The maximum atomic E-state index is 13.6. The van der Waals surface area contributed by atoms with E-state index in [0.717, 1.165) is 34.2 Å². The Balaban J connectivity index is 1.62. The summed E-state index contributed by atoms with van der Waals surface area (Å²) in [4.78, 5) is 46.7. The second-order valence-corrected chi connectivity index (χ2v) is 8.73. The van der Waals surface area contributed by atoms with Crippen LogP contribution in [0.15, 0.2) is 70.5 Å². The molecule has 0 radical (unpaired) electrons. The molecule has 5 rings (SSSR count). The topological polar surface area (TPSA) is 82.1 Å². The molecule has 1 aliphatic rings. The third-order valence-corrected chi connectivity index (χ3v) is 6.59. The Morgan fingerprint density at radius 2 is 1.76 bits per heavy atom. The number of anilines is 1. The van der Waals surface area contributed by atoms with Gasteiger partial charge in [0.05, 0.1) is 12.9 Å². The first-order valence-corrected chi connectivity index (χ1v) is 11.6. The van der Waals surface area contributed by atoms with E-state index in [-0.39, 0.29) is 25.0 Å². The van der Waals surface area contributed by atoms with Gasteiger partial charge in [-0.05, 0) is 43.9 Å². The molecule has 34 heavy (non-hydrogen) atoms. The molecule has 2 aromatic carbocycles. The monoisotopic (exact) mass is 457 g/mol. The van der Waals surface area contributed by atoms with Gasteiger partial charge < -0.3 is 9.47 Å². The quantitative estimate of drug-likeness (QED) is 0.462. The van der Waals surface area contributed by atoms with Crippen molar-refractivity contribution in [3.05, 3.63) is 92.9 Å². The van der Waals surface area contributed by atoms with Crippen molar-refractivity contribution in [2.24, 2.45) is 0 Å². The van der Waals surface area contributed by atoms with E-state index in [9.17, 15) is 14.4 Å². The van der Waals surface area contributed by atoms with E-state index in [1.54, 1.807) is 15.8 Å². The van der Waals surface area contributed by atoms with Crippen LogP contribution in [0.25, 0.3) is 11.2 Å². The number of amides is 1. The fourth-order valence-electron chi connectivity index (χ4n) is 4.81. The standard InChI is InChI=1S/C26H27N5O3/c1-3-28-17-27-24-23(28)25(33)30(26(34)29(24)15-19-9-5-4-6-10-19)16-22(32)31-18(2)13-14-20-11-7-8-12-21(20)31/h4-12,17-18H,3,13-16H2,1-2H3/t18-/m0/s1. The van der Waals surface area contributed by atoms with Gasteiger partial charge in [0.2, 0.25) is 5.91 Å². The largest absolute Gasteiger partial charge is 0.333 e. The fraction of sp³-hybridized carbons (Fsp3) is 0.308. The zero-order chi connectivity index (χ0) is 23.8. The first kappa shape index (κ1) is 21.9. The van der Waals surface area contributed by atoms with Crippen LogP contribution in [0, 0.1) is 0 Å². The molecule has 0 N–H and O–H groups in total. The summed E-state index contributed by atoms with van der Waals surface area (Å²) < 4.78 is 4.27. The van der Waals surface area contributed by atoms with Crippen LogP contribution in [0.3, 0.4) is 0 Å². The van der Waals surface area contributed by atoms with Crippen molar-refractivity contribution in [3.8, 4) is 0 Å². The van der Waals surface area contributed by atoms with Crippen molar-refractivity contribution in [2.75, 3.05) is 4.90 Å². The van der Waals surface area contributed by atoms with E-state index in [2.05, 4.69) is 4.98 Å². The van der Waals surface area contributed by atoms with E-state index < -0.39 is 11.2 Å². The van der Waals surface area contributed by atoms with Gasteiger partial charge in [0, 0.05) is 18.3 Å². The number of fused-ring (bicyclic) bond motifs is 2. The Labute approximate surface area is 196 Å². The highest BCUT2D eigenvalue weighted by atomic mass is 16.2. The molecule has 2 aromatic heterocycles. The van der Waals surface area contributed by atoms with Crippen LogP contribution >= 0.6 is 0 Å². The normalized spacial score (nSPS) is 15.5. The molecule has 0 saturated carbocycles. The van der Waals surface area contributed by atoms with Gasteiger partial charge in [-0.25, -0.2) is 14.3 Å². The summed E-state index contributed by atoms with van der Waals surface area (Å²) in [6.45, 7) is 4.37. The van der Waals surface area contributed by atoms with Crippen molar-refractivity contribution in [2.45, 2.75) is 52.4 Å². The molecule has 0 spiro atoms. The molecule has 174 valence electrons. The summed E-state index contributed by atoms with van der Waals surface area (Å²) in [5.74, 6) is -0.271. The van der Waals surface area contributed by atoms with E-state index in [0.29, 0.717) is 17.7 Å². The first-order valence-electron chi connectivity index (χ1n) is 11.6. The molecular weight excluding hydrogens is 430 g/mol. The highest BCUT2D eigenvalue weighted by molar-refractivity contribution is 5.95. The Bertz CT molecular complexity index is 1480. The Morgan fingerprint density at radius 3 is 2.53 bits per heavy atom. The van der Waals surface area contributed by atoms with Crippen LogP contribution in [0.5, 0.6) is 0 Å². The van der Waals surface area contributed by atoms with Crippen LogP contribution in [0.1, 0.15) is 31.4 Å². The van der Waals surface area contributed by atoms with Crippen LogP contribution in [0.4, 0.5) is 5.69 Å². The molecule has 1 atom stereocenters. The molecule has 4 aromatic rings. The average Bonchev–Trinajstić information content (AvgIpc) is 3.29. The van der Waals surface area contributed by atoms with Gasteiger partial charge in [-0.1, -0.05) is 48.5 Å². The number of hydrogen-bond donors (Lipinski definition) is 0. The van der Waals surface area contributed by atoms with Gasteiger partial charge in [0.15, 0.2) is 11.2 Å². The van der Waals surface area contributed by atoms with Crippen molar-refractivity contribution >= 4 is 22.8 Å². The number of carbonyl (C=O) groups excluding carboxylic acids is 1. The second-order valence-electron chi connectivity index (χ2n) is 8.73. The Hall–Kier alpha value is -3.94. The molecule has 1 amide bonds. The summed E-state index contributed by atoms with van der Waals surface area (Å²) in [5, 5.41) is 0. The number of para-hydroxylation sites is 1. The third-order valence-electron chi connectivity index (χ3n) is 6.59. The molecular formula is C26H27N5O3. The van der Waals surface area contributed by atoms with Gasteiger partial charge >= 0.3 is 5.69 Å². The molecule has 0 fully saturated rings. The van der Waals surface area contributed by atoms with Crippen LogP contribution < -0.4 is 16.1 Å². The van der Waals surface area contributed by atoms with E-state index in [1.807, 2.05) is 68.4 Å². The van der Waals surface area contributed by atoms with Gasteiger partial charge in [-0.3, -0.25) is 14.2 Å². The van der Waals surface area contributed by atoms with Crippen molar-refractivity contribution < 1.29 is 4.79 Å². The lowest BCUT2D eigenvalue weighted by Gasteiger charge is -2.35. The van der Waals surface area contributed by atoms with Gasteiger partial charge in [0.1, 0.15) is 6.54 Å². The molecule has 0 saturated heterocycles. The minimum atomic E-state index is -0.533. The SMILES string of the molecule is CCn1cnc2c1c(=O)n(CC(=O)N1c3ccccc3CC[C@@H]1C)c(=O)n2Cc1ccccc1. The van der Waals surface area contributed by atoms with Gasteiger partial charge in [-0.2, -0.15) is 0 Å². The van der Waals surface area contributed by atoms with Crippen LogP contribution in [-0.2, 0) is 30.8 Å². The number of aromatic nitrogens is 4. The molecule has 3 heterocycles. The predicted octanol–water partition coefficient (Wildman–Crippen LogP) is 2.80. The number of aryl methyl sites for hydroxylation is 2. The van der Waals surface area contributed by atoms with E-state index >= 15 is 0 Å². The number of hydrogen-bond acceptors (Lipinski definition) is 4. The van der Waals surface area contributed by atoms with E-state index in [1.165, 1.54) is 4.57 Å². The van der Waals surface area contributed by atoms with Crippen molar-refractivity contribution in [1.29, 1.82) is 0 Å². The lowest BCUT2D eigenvalue weighted by molar-refractivity contribution is -0.119. The molecule has 0 bridgehead atoms. The highest BCUT2D eigenvalue weighted by Crippen LogP contribution is 2.30. The van der Waals surface area contributed by atoms with Gasteiger partial charge in [-0.15, -0.1) is 0 Å². The Morgan fingerprint density at radius 1 is 1.03 bits per heavy atom. The maximum Gasteiger partial charge on any atom is 0.333 e. The van der Waals surface area contributed by atoms with Crippen molar-refractivity contribution in [1.82, 2.24) is 18.7 Å². The summed E-state index contributed by atoms with van der Waals surface area (Å²) in [6, 6.07) is 17.3. The fourth-order valence-corrected chi connectivity index (χ4v) is 4.81. The smallest absolute Gasteiger partial charge is 0.325 e. The zero-order valence-electron chi connectivity index (χ0n) is 19.3. The summed E-state index contributed by atoms with van der Waals surface area (Å²) in [5.41, 5.74) is 2.50. The Kier molecular flexibility index (Phi) is 5.65.